The zero-order valence-corrected chi connectivity index (χ0v) is 27.2. The molecule has 1 amide bonds. The number of benzene rings is 2. The second-order valence-electron chi connectivity index (χ2n) is 11.0. The summed E-state index contributed by atoms with van der Waals surface area (Å²) in [4.78, 5) is 43.9. The normalized spacial score (nSPS) is 20.0. The van der Waals surface area contributed by atoms with Gasteiger partial charge < -0.3 is 14.5 Å². The molecule has 3 atom stereocenters. The van der Waals surface area contributed by atoms with Crippen LogP contribution in [0.2, 0.25) is 0 Å². The summed E-state index contributed by atoms with van der Waals surface area (Å²) in [7, 11) is 0. The van der Waals surface area contributed by atoms with Gasteiger partial charge in [0.1, 0.15) is 23.6 Å². The number of hydrogen-bond acceptors (Lipinski definition) is 8. The highest BCUT2D eigenvalue weighted by Gasteiger charge is 2.35. The Morgan fingerprint density at radius 3 is 2.50 bits per heavy atom. The molecule has 0 spiro atoms. The van der Waals surface area contributed by atoms with Gasteiger partial charge in [0.15, 0.2) is 0 Å². The van der Waals surface area contributed by atoms with Crippen LogP contribution in [-0.4, -0.2) is 67.4 Å². The number of halogens is 3. The van der Waals surface area contributed by atoms with Crippen molar-refractivity contribution in [2.75, 3.05) is 23.7 Å². The Bertz CT molecular complexity index is 1840. The predicted octanol–water partition coefficient (Wildman–Crippen LogP) is 5.21. The van der Waals surface area contributed by atoms with Crippen molar-refractivity contribution in [2.24, 2.45) is 0 Å². The number of nitrogens with zero attached hydrogens (tertiary/aromatic N) is 6. The number of hydrogen-bond donors (Lipinski definition) is 0. The van der Waals surface area contributed by atoms with E-state index in [-0.39, 0.29) is 39.7 Å². The van der Waals surface area contributed by atoms with Crippen molar-refractivity contribution < 1.29 is 18.3 Å². The molecule has 0 bridgehead atoms. The van der Waals surface area contributed by atoms with Gasteiger partial charge >= 0.3 is 11.7 Å². The number of aryl methyl sites for hydroxylation is 1. The van der Waals surface area contributed by atoms with E-state index < -0.39 is 23.4 Å². The first kappa shape index (κ1) is 30.4. The van der Waals surface area contributed by atoms with Crippen molar-refractivity contribution in [3.8, 4) is 17.1 Å². The number of anilines is 1. The summed E-state index contributed by atoms with van der Waals surface area (Å²) < 4.78 is 37.7. The van der Waals surface area contributed by atoms with Crippen LogP contribution in [0.1, 0.15) is 19.4 Å². The average molecular weight is 731 g/mol. The third-order valence-corrected chi connectivity index (χ3v) is 9.99. The minimum absolute atomic E-state index is 0.146. The van der Waals surface area contributed by atoms with Gasteiger partial charge in [-0.1, -0.05) is 6.58 Å². The molecule has 13 heteroatoms. The zero-order chi connectivity index (χ0) is 31.3. The largest absolute Gasteiger partial charge is 0.457 e. The molecule has 0 N–H and O–H groups in total. The lowest BCUT2D eigenvalue weighted by molar-refractivity contribution is -0.130. The number of carbonyl (C=O) groups is 1. The lowest BCUT2D eigenvalue weighted by Gasteiger charge is -2.44. The van der Waals surface area contributed by atoms with Gasteiger partial charge in [0.25, 0.3) is 0 Å². The lowest BCUT2D eigenvalue weighted by atomic mass is 9.97. The minimum atomic E-state index is -0.689. The number of amides is 1. The molecule has 1 fully saturated rings. The Labute approximate surface area is 270 Å². The van der Waals surface area contributed by atoms with Gasteiger partial charge in [0.2, 0.25) is 5.91 Å². The summed E-state index contributed by atoms with van der Waals surface area (Å²) in [5, 5.41) is 0.727. The molecular formula is C31H29F2IN6O3S. The predicted molar refractivity (Wildman–Crippen MR) is 174 cm³/mol. The van der Waals surface area contributed by atoms with E-state index in [0.29, 0.717) is 40.6 Å². The Kier molecular flexibility index (Phi) is 8.35. The molecule has 1 saturated heterocycles. The van der Waals surface area contributed by atoms with Gasteiger partial charge in [-0.3, -0.25) is 9.36 Å². The van der Waals surface area contributed by atoms with Crippen LogP contribution >= 0.6 is 34.4 Å². The molecule has 0 saturated carbocycles. The van der Waals surface area contributed by atoms with Crippen molar-refractivity contribution in [3.63, 3.8) is 0 Å². The minimum Gasteiger partial charge on any atom is -0.457 e. The Morgan fingerprint density at radius 1 is 1.11 bits per heavy atom. The van der Waals surface area contributed by atoms with Gasteiger partial charge in [-0.2, -0.15) is 4.98 Å². The lowest BCUT2D eigenvalue weighted by Crippen LogP contribution is -2.58. The highest BCUT2D eigenvalue weighted by Crippen LogP contribution is 2.45. The van der Waals surface area contributed by atoms with Crippen LogP contribution in [0.5, 0.6) is 6.01 Å². The first-order chi connectivity index (χ1) is 21.1. The third-order valence-electron chi connectivity index (χ3n) is 7.94. The molecule has 0 aliphatic carbocycles. The molecular weight excluding hydrogens is 701 g/mol. The fourth-order valence-corrected chi connectivity index (χ4v) is 7.92. The van der Waals surface area contributed by atoms with E-state index in [0.717, 1.165) is 17.0 Å². The van der Waals surface area contributed by atoms with Crippen LogP contribution in [0.3, 0.4) is 0 Å². The van der Waals surface area contributed by atoms with Gasteiger partial charge in [-0.25, -0.2) is 23.5 Å². The molecule has 0 unspecified atom stereocenters. The van der Waals surface area contributed by atoms with E-state index >= 15 is 4.39 Å². The smallest absolute Gasteiger partial charge is 0.350 e. The molecule has 2 aromatic carbocycles. The van der Waals surface area contributed by atoms with Crippen LogP contribution < -0.4 is 15.3 Å². The maximum atomic E-state index is 15.4. The fraction of sp³-hybridized carbons (Fsp3) is 0.323. The van der Waals surface area contributed by atoms with E-state index in [1.165, 1.54) is 23.9 Å². The molecule has 2 aliphatic rings. The van der Waals surface area contributed by atoms with Crippen molar-refractivity contribution >= 4 is 57.0 Å². The van der Waals surface area contributed by atoms with Gasteiger partial charge in [0, 0.05) is 74.4 Å². The number of ether oxygens (including phenoxy) is 1. The van der Waals surface area contributed by atoms with Crippen molar-refractivity contribution in [2.45, 2.75) is 50.4 Å². The molecule has 9 nitrogen and oxygen atoms in total. The van der Waals surface area contributed by atoms with E-state index in [4.69, 9.17) is 4.74 Å². The molecule has 2 aromatic heterocycles. The van der Waals surface area contributed by atoms with Crippen LogP contribution in [-0.2, 0) is 11.3 Å². The van der Waals surface area contributed by atoms with Gasteiger partial charge in [-0.15, -0.1) is 11.8 Å². The molecule has 44 heavy (non-hydrogen) atoms. The number of thioether (sulfide) groups is 1. The topological polar surface area (TPSA) is 93.5 Å². The monoisotopic (exact) mass is 730 g/mol. The van der Waals surface area contributed by atoms with Crippen molar-refractivity contribution in [1.29, 1.82) is 0 Å². The van der Waals surface area contributed by atoms with E-state index in [1.807, 2.05) is 54.3 Å². The number of piperazine rings is 1. The van der Waals surface area contributed by atoms with Gasteiger partial charge in [-0.05, 0) is 73.2 Å². The highest BCUT2D eigenvalue weighted by molar-refractivity contribution is 14.1. The first-order valence-corrected chi connectivity index (χ1v) is 16.1. The molecule has 4 aromatic rings. The summed E-state index contributed by atoms with van der Waals surface area (Å²) in [6, 6.07) is 5.86. The van der Waals surface area contributed by atoms with Gasteiger partial charge in [0.05, 0.1) is 12.1 Å². The first-order valence-electron chi connectivity index (χ1n) is 14.1. The Morgan fingerprint density at radius 2 is 1.82 bits per heavy atom. The number of carbonyl (C=O) groups excluding carboxylic acids is 1. The maximum absolute atomic E-state index is 15.4. The Balaban J connectivity index is 1.55. The van der Waals surface area contributed by atoms with Crippen molar-refractivity contribution in [3.05, 3.63) is 80.6 Å². The Hall–Kier alpha value is -3.59. The summed E-state index contributed by atoms with van der Waals surface area (Å²) in [6.07, 6.45) is 3.97. The molecule has 4 heterocycles. The third kappa shape index (κ3) is 5.44. The van der Waals surface area contributed by atoms with E-state index in [1.54, 1.807) is 27.9 Å². The summed E-state index contributed by atoms with van der Waals surface area (Å²) in [5.41, 5.74) is 1.71. The second kappa shape index (κ2) is 12.1. The molecule has 228 valence electrons. The zero-order valence-electron chi connectivity index (χ0n) is 24.3. The maximum Gasteiger partial charge on any atom is 0.350 e. The van der Waals surface area contributed by atoms with E-state index in [2.05, 4.69) is 21.5 Å². The molecule has 0 radical (unpaired) electrons. The van der Waals surface area contributed by atoms with Crippen LogP contribution in [0, 0.1) is 22.1 Å². The fourth-order valence-electron chi connectivity index (χ4n) is 6.16. The SMILES string of the molecule is C=CC(=O)N1[C@H](C)CN(c2nc(=O)n3c4c(c(-c5cc(I)c(F)cc5F)c(C)cc24)SC[C@@H](Oc2ncccn2)C3)C[C@@H]1C. The quantitative estimate of drug-likeness (QED) is 0.157. The van der Waals surface area contributed by atoms with E-state index in [9.17, 15) is 14.0 Å². The van der Waals surface area contributed by atoms with Crippen molar-refractivity contribution in [1.82, 2.24) is 24.4 Å². The van der Waals surface area contributed by atoms with Crippen LogP contribution in [0.15, 0.2) is 59.0 Å². The number of aromatic nitrogens is 4. The summed E-state index contributed by atoms with van der Waals surface area (Å²) in [6.45, 7) is 10.5. The molecule has 2 aliphatic heterocycles. The standard InChI is InChI=1S/C31H29F2IN6O3S/c1-5-25(41)40-17(3)12-38(13-18(40)4)29-21-9-16(2)26(20-10-24(34)23(33)11-22(20)32)28-27(21)39(31(42)37-29)14-19(15-44-28)43-30-35-7-6-8-36-30/h5-11,17-19H,1,12-15H2,2-4H3/t17-,18+,19-/m0/s1. The number of rotatable bonds is 5. The molecule has 6 rings (SSSR count). The summed E-state index contributed by atoms with van der Waals surface area (Å²) in [5.74, 6) is -0.558. The second-order valence-corrected chi connectivity index (χ2v) is 13.2. The highest BCUT2D eigenvalue weighted by atomic mass is 127. The summed E-state index contributed by atoms with van der Waals surface area (Å²) >= 11 is 3.30. The average Bonchev–Trinajstić information content (AvgIpc) is 3.17. The van der Waals surface area contributed by atoms with Crippen LogP contribution in [0.25, 0.3) is 22.0 Å². The van der Waals surface area contributed by atoms with Crippen LogP contribution in [0.4, 0.5) is 14.6 Å².